The summed E-state index contributed by atoms with van der Waals surface area (Å²) >= 11 is 0. The average Bonchev–Trinajstić information content (AvgIpc) is 2.69. The van der Waals surface area contributed by atoms with Gasteiger partial charge in [-0.15, -0.1) is 0 Å². The number of nitrogens with zero attached hydrogens (tertiary/aromatic N) is 3. The molecule has 1 aromatic heterocycles. The number of ether oxygens (including phenoxy) is 2. The van der Waals surface area contributed by atoms with Gasteiger partial charge in [-0.25, -0.2) is 14.6 Å². The van der Waals surface area contributed by atoms with E-state index in [4.69, 9.17) is 9.16 Å². The van der Waals surface area contributed by atoms with Crippen molar-refractivity contribution in [3.63, 3.8) is 0 Å². The Balaban J connectivity index is 2.30. The van der Waals surface area contributed by atoms with Crippen LogP contribution in [-0.2, 0) is 13.9 Å². The van der Waals surface area contributed by atoms with Crippen molar-refractivity contribution in [3.8, 4) is 0 Å². The van der Waals surface area contributed by atoms with Gasteiger partial charge in [-0.3, -0.25) is 0 Å². The van der Waals surface area contributed by atoms with Crippen LogP contribution in [0.25, 0.3) is 0 Å². The molecule has 2 rings (SSSR count). The van der Waals surface area contributed by atoms with E-state index in [2.05, 4.69) is 43.6 Å². The lowest BCUT2D eigenvalue weighted by Crippen LogP contribution is -2.58. The molecule has 1 aliphatic rings. The van der Waals surface area contributed by atoms with Crippen molar-refractivity contribution >= 4 is 26.1 Å². The number of anilines is 1. The molecular formula is C23H38FN3O5Si. The van der Waals surface area contributed by atoms with Gasteiger partial charge in [0, 0.05) is 19.6 Å². The predicted molar refractivity (Wildman–Crippen MR) is 128 cm³/mol. The van der Waals surface area contributed by atoms with Crippen LogP contribution in [0.3, 0.4) is 0 Å². The minimum Gasteiger partial charge on any atom is -0.464 e. The van der Waals surface area contributed by atoms with Crippen molar-refractivity contribution in [2.75, 3.05) is 38.3 Å². The molecule has 186 valence electrons. The fourth-order valence-electron chi connectivity index (χ4n) is 3.19. The van der Waals surface area contributed by atoms with Gasteiger partial charge in [-0.05, 0) is 51.0 Å². The predicted octanol–water partition coefficient (Wildman–Crippen LogP) is 4.45. The summed E-state index contributed by atoms with van der Waals surface area (Å²) in [5, 5.41) is 0.00627. The van der Waals surface area contributed by atoms with Crippen LogP contribution in [0.5, 0.6) is 0 Å². The van der Waals surface area contributed by atoms with Gasteiger partial charge in [-0.1, -0.05) is 20.8 Å². The Morgan fingerprint density at radius 3 is 2.30 bits per heavy atom. The lowest BCUT2D eigenvalue weighted by atomic mass is 10.1. The molecule has 0 spiro atoms. The summed E-state index contributed by atoms with van der Waals surface area (Å²) in [5.41, 5.74) is -0.447. The quantitative estimate of drug-likeness (QED) is 0.348. The standard InChI is InChI=1S/C23H38FN3O5Si/c1-22(2,3)32-21(29)26-12-13-27(16(14-26)15-31-33(8,9)23(4,5)6)18-11-10-17(20(28)30-7)25-19(18)24/h10-11,16H,12-15H2,1-9H3/t16-/m1/s1. The number of aromatic nitrogens is 1. The van der Waals surface area contributed by atoms with Crippen LogP contribution in [0.1, 0.15) is 52.0 Å². The molecule has 1 aliphatic heterocycles. The maximum Gasteiger partial charge on any atom is 0.410 e. The first-order valence-electron chi connectivity index (χ1n) is 11.2. The van der Waals surface area contributed by atoms with Crippen molar-refractivity contribution in [2.45, 2.75) is 71.3 Å². The molecule has 0 N–H and O–H groups in total. The zero-order chi connectivity index (χ0) is 25.2. The summed E-state index contributed by atoms with van der Waals surface area (Å²) < 4.78 is 31.6. The van der Waals surface area contributed by atoms with Crippen LogP contribution in [0.4, 0.5) is 14.9 Å². The molecule has 8 nitrogen and oxygen atoms in total. The number of carbonyl (C=O) groups is 2. The first kappa shape index (κ1) is 27.0. The van der Waals surface area contributed by atoms with Crippen LogP contribution in [0.2, 0.25) is 18.1 Å². The lowest BCUT2D eigenvalue weighted by molar-refractivity contribution is 0.0198. The number of rotatable bonds is 5. The summed E-state index contributed by atoms with van der Waals surface area (Å²) in [7, 11) is -0.859. The molecule has 1 saturated heterocycles. The van der Waals surface area contributed by atoms with Gasteiger partial charge in [0.2, 0.25) is 5.95 Å². The van der Waals surface area contributed by atoms with E-state index in [0.29, 0.717) is 26.2 Å². The van der Waals surface area contributed by atoms with E-state index in [1.54, 1.807) is 4.90 Å². The molecule has 0 aromatic carbocycles. The van der Waals surface area contributed by atoms with Crippen molar-refractivity contribution in [1.82, 2.24) is 9.88 Å². The summed E-state index contributed by atoms with van der Waals surface area (Å²) in [6.07, 6.45) is -0.404. The number of pyridine rings is 1. The third kappa shape index (κ3) is 6.89. The molecular weight excluding hydrogens is 445 g/mol. The lowest BCUT2D eigenvalue weighted by Gasteiger charge is -2.44. The number of carbonyl (C=O) groups excluding carboxylic acids is 2. The Bertz CT molecular complexity index is 867. The van der Waals surface area contributed by atoms with Gasteiger partial charge in [0.05, 0.1) is 25.4 Å². The van der Waals surface area contributed by atoms with Crippen molar-refractivity contribution in [2.24, 2.45) is 0 Å². The molecule has 0 radical (unpaired) electrons. The van der Waals surface area contributed by atoms with Crippen LogP contribution >= 0.6 is 0 Å². The summed E-state index contributed by atoms with van der Waals surface area (Å²) in [6, 6.07) is 2.66. The van der Waals surface area contributed by atoms with Crippen molar-refractivity contribution in [3.05, 3.63) is 23.8 Å². The largest absolute Gasteiger partial charge is 0.464 e. The minimum absolute atomic E-state index is 0.00627. The van der Waals surface area contributed by atoms with Crippen molar-refractivity contribution < 1.29 is 27.9 Å². The van der Waals surface area contributed by atoms with Gasteiger partial charge in [0.1, 0.15) is 5.60 Å². The monoisotopic (exact) mass is 483 g/mol. The van der Waals surface area contributed by atoms with Crippen LogP contribution in [-0.4, -0.2) is 75.3 Å². The molecule has 1 atom stereocenters. The third-order valence-electron chi connectivity index (χ3n) is 6.11. The number of methoxy groups -OCH3 is 1. The second-order valence-corrected chi connectivity index (χ2v) is 15.7. The van der Waals surface area contributed by atoms with E-state index in [9.17, 15) is 14.0 Å². The topological polar surface area (TPSA) is 81.2 Å². The molecule has 0 saturated carbocycles. The molecule has 2 heterocycles. The van der Waals surface area contributed by atoms with Crippen LogP contribution in [0, 0.1) is 5.95 Å². The maximum absolute atomic E-state index is 14.9. The van der Waals surface area contributed by atoms with E-state index in [1.165, 1.54) is 19.2 Å². The number of esters is 1. The Hall–Kier alpha value is -2.20. The normalized spacial score (nSPS) is 17.7. The first-order chi connectivity index (χ1) is 15.1. The highest BCUT2D eigenvalue weighted by Gasteiger charge is 2.40. The van der Waals surface area contributed by atoms with Crippen LogP contribution < -0.4 is 4.90 Å². The number of halogens is 1. The second-order valence-electron chi connectivity index (χ2n) is 10.8. The highest BCUT2D eigenvalue weighted by Crippen LogP contribution is 2.37. The molecule has 1 fully saturated rings. The molecule has 0 bridgehead atoms. The minimum atomic E-state index is -2.08. The van der Waals surface area contributed by atoms with Crippen LogP contribution in [0.15, 0.2) is 12.1 Å². The summed E-state index contributed by atoms with van der Waals surface area (Å²) in [5.74, 6) is -1.46. The molecule has 10 heteroatoms. The zero-order valence-corrected chi connectivity index (χ0v) is 22.3. The van der Waals surface area contributed by atoms with Gasteiger partial charge in [0.15, 0.2) is 14.0 Å². The fraction of sp³-hybridized carbons (Fsp3) is 0.696. The van der Waals surface area contributed by atoms with Gasteiger partial charge in [0.25, 0.3) is 0 Å². The van der Waals surface area contributed by atoms with E-state index >= 15 is 0 Å². The summed E-state index contributed by atoms with van der Waals surface area (Å²) in [6.45, 7) is 17.6. The number of piperazine rings is 1. The molecule has 0 unspecified atom stereocenters. The van der Waals surface area contributed by atoms with E-state index < -0.39 is 31.9 Å². The second kappa shape index (κ2) is 9.96. The highest BCUT2D eigenvalue weighted by molar-refractivity contribution is 6.74. The summed E-state index contributed by atoms with van der Waals surface area (Å²) in [4.78, 5) is 31.7. The fourth-order valence-corrected chi connectivity index (χ4v) is 4.23. The molecule has 0 aliphatic carbocycles. The molecule has 1 aromatic rings. The Kier molecular flexibility index (Phi) is 8.17. The van der Waals surface area contributed by atoms with E-state index in [1.807, 2.05) is 25.7 Å². The number of hydrogen-bond acceptors (Lipinski definition) is 7. The Labute approximate surface area is 197 Å². The van der Waals surface area contributed by atoms with Gasteiger partial charge < -0.3 is 23.7 Å². The molecule has 1 amide bonds. The van der Waals surface area contributed by atoms with Gasteiger partial charge >= 0.3 is 12.1 Å². The first-order valence-corrected chi connectivity index (χ1v) is 14.1. The zero-order valence-electron chi connectivity index (χ0n) is 21.3. The molecule has 33 heavy (non-hydrogen) atoms. The van der Waals surface area contributed by atoms with E-state index in [0.717, 1.165) is 0 Å². The van der Waals surface area contributed by atoms with E-state index in [-0.39, 0.29) is 22.5 Å². The number of amides is 1. The number of hydrogen-bond donors (Lipinski definition) is 0. The Morgan fingerprint density at radius 2 is 1.79 bits per heavy atom. The SMILES string of the molecule is COC(=O)c1ccc(N2CCN(C(=O)OC(C)(C)C)C[C@@H]2CO[Si](C)(C)C(C)(C)C)c(F)n1. The average molecular weight is 484 g/mol. The maximum atomic E-state index is 14.9. The highest BCUT2D eigenvalue weighted by atomic mass is 28.4. The van der Waals surface area contributed by atoms with Gasteiger partial charge in [-0.2, -0.15) is 4.39 Å². The Morgan fingerprint density at radius 1 is 1.15 bits per heavy atom. The van der Waals surface area contributed by atoms with Crippen molar-refractivity contribution in [1.29, 1.82) is 0 Å². The smallest absolute Gasteiger partial charge is 0.410 e. The third-order valence-corrected chi connectivity index (χ3v) is 10.6.